The van der Waals surface area contributed by atoms with Crippen LogP contribution in [0.5, 0.6) is 0 Å². The Kier molecular flexibility index (Phi) is 9.52. The Morgan fingerprint density at radius 3 is 2.53 bits per heavy atom. The van der Waals surface area contributed by atoms with E-state index in [9.17, 15) is 9.59 Å². The molecule has 192 valence electrons. The maximum Gasteiger partial charge on any atom is 0.319 e. The van der Waals surface area contributed by atoms with Crippen molar-refractivity contribution < 1.29 is 9.59 Å². The number of tetrazole rings is 1. The van der Waals surface area contributed by atoms with Crippen molar-refractivity contribution in [1.29, 1.82) is 0 Å². The zero-order valence-corrected chi connectivity index (χ0v) is 21.8. The lowest BCUT2D eigenvalue weighted by Gasteiger charge is -2.17. The molecule has 10 nitrogen and oxygen atoms in total. The quantitative estimate of drug-likeness (QED) is 0.354. The molecule has 0 saturated carbocycles. The van der Waals surface area contributed by atoms with Gasteiger partial charge in [-0.3, -0.25) is 4.79 Å². The van der Waals surface area contributed by atoms with Crippen molar-refractivity contribution in [2.45, 2.75) is 40.2 Å². The summed E-state index contributed by atoms with van der Waals surface area (Å²) in [7, 11) is 3.83. The van der Waals surface area contributed by atoms with Crippen LogP contribution in [0.1, 0.15) is 46.8 Å². The van der Waals surface area contributed by atoms with Gasteiger partial charge in [0, 0.05) is 43.5 Å². The molecule has 3 aromatic rings. The molecule has 0 aliphatic carbocycles. The van der Waals surface area contributed by atoms with Crippen molar-refractivity contribution in [2.75, 3.05) is 32.0 Å². The van der Waals surface area contributed by atoms with Crippen molar-refractivity contribution in [3.8, 4) is 11.4 Å². The molecule has 0 atom stereocenters. The second kappa shape index (κ2) is 12.8. The molecule has 1 aromatic heterocycles. The van der Waals surface area contributed by atoms with Gasteiger partial charge in [0.2, 0.25) is 0 Å². The van der Waals surface area contributed by atoms with E-state index in [0.717, 1.165) is 25.9 Å². The van der Waals surface area contributed by atoms with Crippen molar-refractivity contribution in [3.05, 3.63) is 58.7 Å². The average molecular weight is 493 g/mol. The number of hydrogen-bond acceptors (Lipinski definition) is 6. The van der Waals surface area contributed by atoms with Crippen LogP contribution in [0.25, 0.3) is 11.4 Å². The number of carbonyl (C=O) groups is 2. The van der Waals surface area contributed by atoms with Gasteiger partial charge in [-0.2, -0.15) is 0 Å². The zero-order chi connectivity index (χ0) is 26.1. The summed E-state index contributed by atoms with van der Waals surface area (Å²) >= 11 is 0. The van der Waals surface area contributed by atoms with E-state index in [0.29, 0.717) is 35.7 Å². The highest BCUT2D eigenvalue weighted by atomic mass is 16.2. The van der Waals surface area contributed by atoms with Crippen LogP contribution in [-0.4, -0.2) is 63.7 Å². The number of aryl methyl sites for hydroxylation is 3. The zero-order valence-electron chi connectivity index (χ0n) is 21.8. The first-order chi connectivity index (χ1) is 17.3. The summed E-state index contributed by atoms with van der Waals surface area (Å²) in [5.41, 5.74) is 5.47. The fraction of sp³-hybridized carbons (Fsp3) is 0.423. The van der Waals surface area contributed by atoms with Crippen LogP contribution in [0, 0.1) is 13.8 Å². The Bertz CT molecular complexity index is 1190. The molecule has 1 heterocycles. The van der Waals surface area contributed by atoms with Crippen molar-refractivity contribution in [2.24, 2.45) is 7.05 Å². The molecule has 3 N–H and O–H groups in total. The minimum atomic E-state index is -0.325. The molecular weight excluding hydrogens is 456 g/mol. The second-order valence-electron chi connectivity index (χ2n) is 9.03. The predicted octanol–water partition coefficient (Wildman–Crippen LogP) is 3.28. The Hall–Kier alpha value is -3.79. The van der Waals surface area contributed by atoms with E-state index in [-0.39, 0.29) is 11.9 Å². The number of carbonyl (C=O) groups excluding carboxylic acids is 2. The van der Waals surface area contributed by atoms with Crippen LogP contribution in [0.15, 0.2) is 36.4 Å². The number of hydrogen-bond donors (Lipinski definition) is 3. The van der Waals surface area contributed by atoms with Gasteiger partial charge in [0.25, 0.3) is 5.91 Å². The van der Waals surface area contributed by atoms with E-state index in [1.54, 1.807) is 25.2 Å². The van der Waals surface area contributed by atoms with Gasteiger partial charge in [-0.05, 0) is 92.5 Å². The van der Waals surface area contributed by atoms with Crippen LogP contribution in [0.2, 0.25) is 0 Å². The van der Waals surface area contributed by atoms with Gasteiger partial charge in [-0.1, -0.05) is 18.2 Å². The lowest BCUT2D eigenvalue weighted by atomic mass is 10.1. The van der Waals surface area contributed by atoms with E-state index in [1.807, 2.05) is 6.92 Å². The van der Waals surface area contributed by atoms with Gasteiger partial charge in [0.05, 0.1) is 0 Å². The molecule has 0 saturated heterocycles. The first-order valence-corrected chi connectivity index (χ1v) is 12.2. The molecule has 0 unspecified atom stereocenters. The minimum absolute atomic E-state index is 0.233. The number of nitrogens with one attached hydrogen (secondary N) is 3. The molecule has 3 amide bonds. The third-order valence-electron chi connectivity index (χ3n) is 5.94. The molecule has 0 aliphatic rings. The molecule has 0 aliphatic heterocycles. The molecule has 36 heavy (non-hydrogen) atoms. The van der Waals surface area contributed by atoms with Gasteiger partial charge in [0.15, 0.2) is 5.82 Å². The average Bonchev–Trinajstić information content (AvgIpc) is 3.27. The molecule has 0 radical (unpaired) electrons. The highest BCUT2D eigenvalue weighted by molar-refractivity contribution is 5.98. The number of unbranched alkanes of at least 4 members (excludes halogenated alkanes) is 1. The van der Waals surface area contributed by atoms with Crippen LogP contribution in [-0.2, 0) is 13.6 Å². The Labute approximate surface area is 212 Å². The first-order valence-electron chi connectivity index (χ1n) is 12.2. The van der Waals surface area contributed by atoms with E-state index in [2.05, 4.69) is 75.5 Å². The first kappa shape index (κ1) is 26.8. The van der Waals surface area contributed by atoms with Gasteiger partial charge in [-0.25, -0.2) is 9.48 Å². The Morgan fingerprint density at radius 1 is 1.03 bits per heavy atom. The molecule has 10 heteroatoms. The summed E-state index contributed by atoms with van der Waals surface area (Å²) in [6.07, 6.45) is 1.83. The Morgan fingerprint density at radius 2 is 1.83 bits per heavy atom. The lowest BCUT2D eigenvalue weighted by Crippen LogP contribution is -2.30. The number of benzene rings is 2. The fourth-order valence-electron chi connectivity index (χ4n) is 3.87. The van der Waals surface area contributed by atoms with Crippen LogP contribution in [0.3, 0.4) is 0 Å². The number of urea groups is 1. The normalized spacial score (nSPS) is 10.9. The van der Waals surface area contributed by atoms with Crippen LogP contribution >= 0.6 is 0 Å². The molecule has 3 rings (SSSR count). The van der Waals surface area contributed by atoms with Gasteiger partial charge in [-0.15, -0.1) is 5.10 Å². The van der Waals surface area contributed by atoms with E-state index < -0.39 is 0 Å². The highest BCUT2D eigenvalue weighted by Gasteiger charge is 2.14. The molecule has 0 bridgehead atoms. The smallest absolute Gasteiger partial charge is 0.319 e. The van der Waals surface area contributed by atoms with Crippen LogP contribution < -0.4 is 16.0 Å². The van der Waals surface area contributed by atoms with Gasteiger partial charge < -0.3 is 20.9 Å². The molecule has 2 aromatic carbocycles. The predicted molar refractivity (Wildman–Crippen MR) is 141 cm³/mol. The van der Waals surface area contributed by atoms with Crippen molar-refractivity contribution in [1.82, 2.24) is 35.7 Å². The number of rotatable bonds is 11. The topological polar surface area (TPSA) is 117 Å². The Balaban J connectivity index is 1.49. The third kappa shape index (κ3) is 7.61. The fourth-order valence-corrected chi connectivity index (χ4v) is 3.87. The SMILES string of the molecule is CCNC(=O)c1cc(NC(=O)NCCCCN(C)Cc2ccc(C)c(C)c2)cc(-c2nnnn2C)c1. The minimum Gasteiger partial charge on any atom is -0.352 e. The number of anilines is 1. The number of nitrogens with zero attached hydrogens (tertiary/aromatic N) is 5. The summed E-state index contributed by atoms with van der Waals surface area (Å²) in [4.78, 5) is 27.2. The van der Waals surface area contributed by atoms with E-state index in [1.165, 1.54) is 21.4 Å². The molecular formula is C26H36N8O2. The summed E-state index contributed by atoms with van der Waals surface area (Å²) in [5.74, 6) is 0.261. The lowest BCUT2D eigenvalue weighted by molar-refractivity contribution is 0.0956. The largest absolute Gasteiger partial charge is 0.352 e. The summed E-state index contributed by atoms with van der Waals surface area (Å²) in [5, 5.41) is 20.0. The van der Waals surface area contributed by atoms with E-state index in [4.69, 9.17) is 0 Å². The summed E-state index contributed by atoms with van der Waals surface area (Å²) in [6.45, 7) is 9.01. The molecule has 0 fully saturated rings. The molecule has 0 spiro atoms. The van der Waals surface area contributed by atoms with Crippen molar-refractivity contribution >= 4 is 17.6 Å². The highest BCUT2D eigenvalue weighted by Crippen LogP contribution is 2.23. The number of aromatic nitrogens is 4. The maximum absolute atomic E-state index is 12.5. The summed E-state index contributed by atoms with van der Waals surface area (Å²) < 4.78 is 1.51. The van der Waals surface area contributed by atoms with Crippen LogP contribution in [0.4, 0.5) is 10.5 Å². The van der Waals surface area contributed by atoms with Crippen molar-refractivity contribution in [3.63, 3.8) is 0 Å². The maximum atomic E-state index is 12.5. The summed E-state index contributed by atoms with van der Waals surface area (Å²) in [6, 6.07) is 11.3. The van der Waals surface area contributed by atoms with Gasteiger partial charge in [0.1, 0.15) is 0 Å². The monoisotopic (exact) mass is 492 g/mol. The third-order valence-corrected chi connectivity index (χ3v) is 5.94. The number of amides is 3. The standard InChI is InChI=1S/C26H36N8O2/c1-6-27-25(35)22-14-21(24-30-31-32-34(24)5)15-23(16-22)29-26(36)28-11-7-8-12-33(4)17-20-10-9-18(2)19(3)13-20/h9-10,13-16H,6-8,11-12,17H2,1-5H3,(H,27,35)(H2,28,29,36). The van der Waals surface area contributed by atoms with E-state index >= 15 is 0 Å². The second-order valence-corrected chi connectivity index (χ2v) is 9.03. The van der Waals surface area contributed by atoms with Gasteiger partial charge >= 0.3 is 6.03 Å².